The maximum atomic E-state index is 10.1. The van der Waals surface area contributed by atoms with Gasteiger partial charge in [0, 0.05) is 31.8 Å². The van der Waals surface area contributed by atoms with Crippen molar-refractivity contribution >= 4 is 17.3 Å². The van der Waals surface area contributed by atoms with E-state index in [4.69, 9.17) is 21.7 Å². The standard InChI is InChI=1S/C21H26N2O3S/c1-25-18-10-8-16(9-11-18)13-22-21(27)23(15-19-6-4-12-26-19)14-17-5-2-3-7-20(17)24/h2-3,5,7-11,19,24H,4,6,12-15H2,1H3,(H,22,27)/t19-/m0/s1. The van der Waals surface area contributed by atoms with Gasteiger partial charge in [-0.25, -0.2) is 0 Å². The van der Waals surface area contributed by atoms with Crippen molar-refractivity contribution < 1.29 is 14.6 Å². The maximum Gasteiger partial charge on any atom is 0.169 e. The van der Waals surface area contributed by atoms with E-state index in [9.17, 15) is 5.11 Å². The second-order valence-corrected chi connectivity index (χ2v) is 7.04. The predicted octanol–water partition coefficient (Wildman–Crippen LogP) is 3.46. The van der Waals surface area contributed by atoms with Crippen LogP contribution >= 0.6 is 12.2 Å². The summed E-state index contributed by atoms with van der Waals surface area (Å²) in [5.41, 5.74) is 1.97. The first kappa shape index (κ1) is 19.5. The van der Waals surface area contributed by atoms with Crippen LogP contribution in [-0.4, -0.2) is 41.5 Å². The van der Waals surface area contributed by atoms with E-state index in [0.717, 1.165) is 36.3 Å². The first-order valence-electron chi connectivity index (χ1n) is 9.20. The van der Waals surface area contributed by atoms with Crippen molar-refractivity contribution in [1.29, 1.82) is 0 Å². The van der Waals surface area contributed by atoms with Gasteiger partial charge in [0.05, 0.1) is 13.2 Å². The molecule has 5 nitrogen and oxygen atoms in total. The van der Waals surface area contributed by atoms with Gasteiger partial charge in [-0.05, 0) is 48.8 Å². The quantitative estimate of drug-likeness (QED) is 0.711. The number of nitrogens with zero attached hydrogens (tertiary/aromatic N) is 1. The number of thiocarbonyl (C=S) groups is 1. The van der Waals surface area contributed by atoms with Gasteiger partial charge in [0.25, 0.3) is 0 Å². The molecule has 2 aromatic rings. The van der Waals surface area contributed by atoms with Gasteiger partial charge in [-0.3, -0.25) is 0 Å². The molecule has 2 aromatic carbocycles. The molecule has 0 bridgehead atoms. The van der Waals surface area contributed by atoms with E-state index in [1.165, 1.54) is 0 Å². The number of nitrogens with one attached hydrogen (secondary N) is 1. The average Bonchev–Trinajstić information content (AvgIpc) is 3.21. The third-order valence-corrected chi connectivity index (χ3v) is 5.09. The molecule has 0 unspecified atom stereocenters. The molecule has 27 heavy (non-hydrogen) atoms. The highest BCUT2D eigenvalue weighted by molar-refractivity contribution is 7.80. The van der Waals surface area contributed by atoms with Gasteiger partial charge in [0.2, 0.25) is 0 Å². The van der Waals surface area contributed by atoms with Gasteiger partial charge in [0.15, 0.2) is 5.11 Å². The van der Waals surface area contributed by atoms with E-state index in [-0.39, 0.29) is 11.9 Å². The van der Waals surface area contributed by atoms with E-state index in [2.05, 4.69) is 10.2 Å². The van der Waals surface area contributed by atoms with E-state index in [1.54, 1.807) is 13.2 Å². The Morgan fingerprint density at radius 3 is 2.70 bits per heavy atom. The smallest absolute Gasteiger partial charge is 0.169 e. The molecule has 0 spiro atoms. The zero-order chi connectivity index (χ0) is 19.1. The minimum atomic E-state index is 0.177. The van der Waals surface area contributed by atoms with Crippen LogP contribution in [0.3, 0.4) is 0 Å². The molecule has 1 heterocycles. The molecule has 1 saturated heterocycles. The minimum Gasteiger partial charge on any atom is -0.508 e. The molecule has 1 aliphatic rings. The Labute approximate surface area is 165 Å². The second-order valence-electron chi connectivity index (χ2n) is 6.65. The molecule has 0 saturated carbocycles. The van der Waals surface area contributed by atoms with Gasteiger partial charge in [-0.1, -0.05) is 30.3 Å². The highest BCUT2D eigenvalue weighted by atomic mass is 32.1. The fourth-order valence-corrected chi connectivity index (χ4v) is 3.35. The second kappa shape index (κ2) is 9.58. The Hall–Kier alpha value is -2.31. The zero-order valence-corrected chi connectivity index (χ0v) is 16.4. The Morgan fingerprint density at radius 1 is 1.26 bits per heavy atom. The number of methoxy groups -OCH3 is 1. The molecule has 6 heteroatoms. The number of hydrogen-bond acceptors (Lipinski definition) is 4. The van der Waals surface area contributed by atoms with Crippen molar-refractivity contribution in [3.8, 4) is 11.5 Å². The largest absolute Gasteiger partial charge is 0.508 e. The fraction of sp³-hybridized carbons (Fsp3) is 0.381. The first-order chi connectivity index (χ1) is 13.2. The lowest BCUT2D eigenvalue weighted by Gasteiger charge is -2.28. The predicted molar refractivity (Wildman–Crippen MR) is 110 cm³/mol. The highest BCUT2D eigenvalue weighted by Gasteiger charge is 2.21. The number of aromatic hydroxyl groups is 1. The summed E-state index contributed by atoms with van der Waals surface area (Å²) >= 11 is 5.65. The molecule has 0 aliphatic carbocycles. The van der Waals surface area contributed by atoms with Crippen molar-refractivity contribution in [3.63, 3.8) is 0 Å². The molecule has 144 valence electrons. The third kappa shape index (κ3) is 5.58. The van der Waals surface area contributed by atoms with Crippen molar-refractivity contribution in [2.24, 2.45) is 0 Å². The number of hydrogen-bond donors (Lipinski definition) is 2. The van der Waals surface area contributed by atoms with Crippen LogP contribution in [-0.2, 0) is 17.8 Å². The molecule has 3 rings (SSSR count). The summed E-state index contributed by atoms with van der Waals surface area (Å²) in [5, 5.41) is 14.1. The lowest BCUT2D eigenvalue weighted by Crippen LogP contribution is -2.42. The molecule has 1 fully saturated rings. The molecule has 1 atom stereocenters. The van der Waals surface area contributed by atoms with Crippen LogP contribution in [0.1, 0.15) is 24.0 Å². The van der Waals surface area contributed by atoms with Crippen LogP contribution in [0.5, 0.6) is 11.5 Å². The average molecular weight is 387 g/mol. The number of phenolic OH excluding ortho intramolecular Hbond substituents is 1. The van der Waals surface area contributed by atoms with Crippen LogP contribution in [0.25, 0.3) is 0 Å². The normalized spacial score (nSPS) is 16.1. The van der Waals surface area contributed by atoms with E-state index < -0.39 is 0 Å². The van der Waals surface area contributed by atoms with Crippen molar-refractivity contribution in [3.05, 3.63) is 59.7 Å². The first-order valence-corrected chi connectivity index (χ1v) is 9.60. The van der Waals surface area contributed by atoms with Crippen LogP contribution in [0, 0.1) is 0 Å². The number of para-hydroxylation sites is 1. The molecule has 0 amide bonds. The van der Waals surface area contributed by atoms with Crippen LogP contribution in [0.2, 0.25) is 0 Å². The molecule has 2 N–H and O–H groups in total. The third-order valence-electron chi connectivity index (χ3n) is 4.69. The van der Waals surface area contributed by atoms with Crippen LogP contribution in [0.4, 0.5) is 0 Å². The van der Waals surface area contributed by atoms with Gasteiger partial charge in [0.1, 0.15) is 11.5 Å². The summed E-state index contributed by atoms with van der Waals surface area (Å²) < 4.78 is 11.0. The number of phenols is 1. The SMILES string of the molecule is COc1ccc(CNC(=S)N(Cc2ccccc2O)C[C@@H]2CCCO2)cc1. The summed E-state index contributed by atoms with van der Waals surface area (Å²) in [4.78, 5) is 2.07. The van der Waals surface area contributed by atoms with E-state index >= 15 is 0 Å². The van der Waals surface area contributed by atoms with Crippen molar-refractivity contribution in [1.82, 2.24) is 10.2 Å². The Kier molecular flexibility index (Phi) is 6.90. The maximum absolute atomic E-state index is 10.1. The Morgan fingerprint density at radius 2 is 2.04 bits per heavy atom. The Bertz CT molecular complexity index is 745. The number of ether oxygens (including phenoxy) is 2. The van der Waals surface area contributed by atoms with Gasteiger partial charge < -0.3 is 24.8 Å². The summed E-state index contributed by atoms with van der Waals surface area (Å²) in [6.45, 7) is 2.69. The molecule has 0 aromatic heterocycles. The number of rotatable bonds is 7. The van der Waals surface area contributed by atoms with Gasteiger partial charge in [-0.15, -0.1) is 0 Å². The molecular formula is C21H26N2O3S. The van der Waals surface area contributed by atoms with Gasteiger partial charge in [-0.2, -0.15) is 0 Å². The van der Waals surface area contributed by atoms with E-state index in [0.29, 0.717) is 24.7 Å². The van der Waals surface area contributed by atoms with Crippen molar-refractivity contribution in [2.45, 2.75) is 32.0 Å². The van der Waals surface area contributed by atoms with Gasteiger partial charge >= 0.3 is 0 Å². The topological polar surface area (TPSA) is 54.0 Å². The fourth-order valence-electron chi connectivity index (χ4n) is 3.14. The monoisotopic (exact) mass is 386 g/mol. The molecule has 1 aliphatic heterocycles. The van der Waals surface area contributed by atoms with Crippen LogP contribution in [0.15, 0.2) is 48.5 Å². The van der Waals surface area contributed by atoms with Crippen LogP contribution < -0.4 is 10.1 Å². The number of benzene rings is 2. The Balaban J connectivity index is 1.64. The molecular weight excluding hydrogens is 360 g/mol. The lowest BCUT2D eigenvalue weighted by atomic mass is 10.1. The molecule has 0 radical (unpaired) electrons. The van der Waals surface area contributed by atoms with Crippen molar-refractivity contribution in [2.75, 3.05) is 20.3 Å². The van der Waals surface area contributed by atoms with E-state index in [1.807, 2.05) is 42.5 Å². The summed E-state index contributed by atoms with van der Waals surface area (Å²) in [5.74, 6) is 1.12. The summed E-state index contributed by atoms with van der Waals surface area (Å²) in [6.07, 6.45) is 2.30. The minimum absolute atomic E-state index is 0.177. The highest BCUT2D eigenvalue weighted by Crippen LogP contribution is 2.20. The zero-order valence-electron chi connectivity index (χ0n) is 15.6. The summed E-state index contributed by atoms with van der Waals surface area (Å²) in [6, 6.07) is 15.3. The summed E-state index contributed by atoms with van der Waals surface area (Å²) in [7, 11) is 1.66. The lowest BCUT2D eigenvalue weighted by molar-refractivity contribution is 0.0896.